The van der Waals surface area contributed by atoms with E-state index < -0.39 is 20.7 Å². The molecule has 4 heterocycles. The topological polar surface area (TPSA) is 53.5 Å². The molecule has 0 fully saturated rings. The molecule has 1 spiro atoms. The highest BCUT2D eigenvalue weighted by molar-refractivity contribution is 7.91. The van der Waals surface area contributed by atoms with E-state index in [0.29, 0.717) is 4.90 Å². The lowest BCUT2D eigenvalue weighted by Gasteiger charge is -2.51. The highest BCUT2D eigenvalue weighted by atomic mass is 32.2. The molecule has 0 radical (unpaired) electrons. The van der Waals surface area contributed by atoms with Crippen LogP contribution in [0, 0.1) is 0 Å². The van der Waals surface area contributed by atoms with E-state index in [1.54, 1.807) is 12.3 Å². The first-order chi connectivity index (χ1) is 24.8. The molecule has 0 atom stereocenters. The van der Waals surface area contributed by atoms with Crippen LogP contribution in [0.1, 0.15) is 47.2 Å². The third-order valence-electron chi connectivity index (χ3n) is 11.1. The van der Waals surface area contributed by atoms with E-state index in [1.165, 1.54) is 17.3 Å². The summed E-state index contributed by atoms with van der Waals surface area (Å²) in [7, 11) is -3.74. The fraction of sp³-hybridized carbons (Fsp3) is 0.0889. The van der Waals surface area contributed by atoms with Crippen LogP contribution in [-0.2, 0) is 20.7 Å². The Hall–Kier alpha value is -5.98. The zero-order valence-corrected chi connectivity index (χ0v) is 29.0. The van der Waals surface area contributed by atoms with E-state index in [2.05, 4.69) is 162 Å². The van der Waals surface area contributed by atoms with Crippen molar-refractivity contribution >= 4 is 44.0 Å². The predicted molar refractivity (Wildman–Crippen MR) is 203 cm³/mol. The number of para-hydroxylation sites is 5. The summed E-state index contributed by atoms with van der Waals surface area (Å²) in [6, 6.07) is 53.2. The maximum absolute atomic E-state index is 14.0. The Morgan fingerprint density at radius 2 is 0.941 bits per heavy atom. The first-order valence-corrected chi connectivity index (χ1v) is 18.7. The summed E-state index contributed by atoms with van der Waals surface area (Å²) < 4.78 is 28.0. The van der Waals surface area contributed by atoms with E-state index in [4.69, 9.17) is 0 Å². The van der Waals surface area contributed by atoms with E-state index in [0.717, 1.165) is 56.4 Å². The monoisotopic (exact) mass is 679 g/mol. The minimum Gasteiger partial charge on any atom is -0.310 e. The quantitative estimate of drug-likeness (QED) is 0.182. The van der Waals surface area contributed by atoms with Crippen molar-refractivity contribution < 1.29 is 8.42 Å². The van der Waals surface area contributed by atoms with Crippen LogP contribution in [0.2, 0.25) is 0 Å². The number of benzene rings is 6. The Morgan fingerprint density at radius 3 is 1.47 bits per heavy atom. The van der Waals surface area contributed by atoms with Crippen molar-refractivity contribution in [2.24, 2.45) is 0 Å². The third kappa shape index (κ3) is 3.85. The molecule has 0 amide bonds. The fourth-order valence-corrected chi connectivity index (χ4v) is 10.9. The maximum atomic E-state index is 14.0. The molecule has 246 valence electrons. The second-order valence-electron chi connectivity index (χ2n) is 14.0. The summed E-state index contributed by atoms with van der Waals surface area (Å²) in [5.74, 6) is 0. The lowest BCUT2D eigenvalue weighted by Crippen LogP contribution is -2.42. The number of fused-ring (bicyclic) bond motifs is 10. The second kappa shape index (κ2) is 10.5. The molecular weight excluding hydrogens is 647 g/mol. The summed E-state index contributed by atoms with van der Waals surface area (Å²) in [6.45, 7) is 4.20. The normalized spacial score (nSPS) is 16.6. The maximum Gasteiger partial charge on any atom is 0.208 e. The molecular formula is C45H33N3O2S. The van der Waals surface area contributed by atoms with Crippen LogP contribution in [0.25, 0.3) is 0 Å². The molecule has 0 saturated carbocycles. The number of anilines is 6. The van der Waals surface area contributed by atoms with Gasteiger partial charge in [-0.05, 0) is 94.0 Å². The molecule has 6 heteroatoms. The number of aromatic nitrogens is 1. The average molecular weight is 680 g/mol. The molecule has 7 aromatic rings. The van der Waals surface area contributed by atoms with Crippen LogP contribution in [0.4, 0.5) is 34.1 Å². The molecule has 0 aliphatic carbocycles. The Balaban J connectivity index is 1.26. The Kier molecular flexibility index (Phi) is 6.16. The lowest BCUT2D eigenvalue weighted by molar-refractivity contribution is 0.554. The van der Waals surface area contributed by atoms with Crippen LogP contribution >= 0.6 is 0 Å². The standard InChI is InChI=1S/C45H33N3O2S/c1-44(2)36-26-27-46-29-43(36)51(49,50)42-25-24-31(28-37(42)44)48-40-22-12-8-18-34(40)45(35-19-9-13-23-41(35)48)32-16-6-10-20-38(32)47(30-14-4-3-5-15-30)39-21-11-7-17-33(39)45/h3-29H,1-2H3. The van der Waals surface area contributed by atoms with Gasteiger partial charge in [0.05, 0.1) is 38.0 Å². The largest absolute Gasteiger partial charge is 0.310 e. The van der Waals surface area contributed by atoms with Crippen molar-refractivity contribution in [2.45, 2.75) is 34.5 Å². The van der Waals surface area contributed by atoms with Crippen LogP contribution in [0.3, 0.4) is 0 Å². The van der Waals surface area contributed by atoms with Crippen molar-refractivity contribution in [3.63, 3.8) is 0 Å². The van der Waals surface area contributed by atoms with E-state index in [1.807, 2.05) is 12.1 Å². The van der Waals surface area contributed by atoms with Crippen molar-refractivity contribution in [1.29, 1.82) is 0 Å². The summed E-state index contributed by atoms with van der Waals surface area (Å²) >= 11 is 0. The number of pyridine rings is 1. The number of sulfone groups is 1. The lowest BCUT2D eigenvalue weighted by atomic mass is 9.60. The van der Waals surface area contributed by atoms with Gasteiger partial charge in [-0.25, -0.2) is 8.42 Å². The first kappa shape index (κ1) is 29.9. The van der Waals surface area contributed by atoms with E-state index >= 15 is 0 Å². The number of hydrogen-bond acceptors (Lipinski definition) is 5. The van der Waals surface area contributed by atoms with E-state index in [9.17, 15) is 8.42 Å². The van der Waals surface area contributed by atoms with Gasteiger partial charge < -0.3 is 9.80 Å². The van der Waals surface area contributed by atoms with Gasteiger partial charge in [0.25, 0.3) is 0 Å². The van der Waals surface area contributed by atoms with Crippen molar-refractivity contribution in [1.82, 2.24) is 4.98 Å². The number of rotatable bonds is 2. The van der Waals surface area contributed by atoms with Crippen LogP contribution in [-0.4, -0.2) is 13.4 Å². The van der Waals surface area contributed by atoms with Gasteiger partial charge >= 0.3 is 0 Å². The molecule has 0 unspecified atom stereocenters. The highest BCUT2D eigenvalue weighted by Crippen LogP contribution is 2.64. The zero-order valence-electron chi connectivity index (χ0n) is 28.2. The fourth-order valence-electron chi connectivity index (χ4n) is 8.96. The molecule has 0 saturated heterocycles. The van der Waals surface area contributed by atoms with Crippen LogP contribution in [0.5, 0.6) is 0 Å². The van der Waals surface area contributed by atoms with Gasteiger partial charge in [0.15, 0.2) is 0 Å². The SMILES string of the molecule is CC1(C)c2cc(N3c4ccccc4C4(c5ccccc5N(c5ccccc5)c5ccccc54)c4ccccc43)ccc2S(=O)(=O)c2cnccc21. The molecule has 3 aliphatic rings. The molecule has 51 heavy (non-hydrogen) atoms. The minimum atomic E-state index is -3.74. The van der Waals surface area contributed by atoms with Crippen molar-refractivity contribution in [3.8, 4) is 0 Å². The molecule has 6 aromatic carbocycles. The van der Waals surface area contributed by atoms with Gasteiger partial charge in [0.1, 0.15) is 0 Å². The smallest absolute Gasteiger partial charge is 0.208 e. The van der Waals surface area contributed by atoms with Crippen molar-refractivity contribution in [2.75, 3.05) is 9.80 Å². The summed E-state index contributed by atoms with van der Waals surface area (Å²) in [5, 5.41) is 0. The van der Waals surface area contributed by atoms with Gasteiger partial charge in [-0.15, -0.1) is 0 Å². The minimum absolute atomic E-state index is 0.282. The van der Waals surface area contributed by atoms with Crippen molar-refractivity contribution in [3.05, 3.63) is 197 Å². The van der Waals surface area contributed by atoms with Gasteiger partial charge in [-0.2, -0.15) is 0 Å². The average Bonchev–Trinajstić information content (AvgIpc) is 3.17. The van der Waals surface area contributed by atoms with Crippen LogP contribution < -0.4 is 9.80 Å². The Labute approximate surface area is 298 Å². The highest BCUT2D eigenvalue weighted by Gasteiger charge is 2.52. The first-order valence-electron chi connectivity index (χ1n) is 17.2. The molecule has 10 rings (SSSR count). The Morgan fingerprint density at radius 1 is 0.471 bits per heavy atom. The van der Waals surface area contributed by atoms with E-state index in [-0.39, 0.29) is 4.90 Å². The van der Waals surface area contributed by atoms with Gasteiger partial charge in [0, 0.05) is 29.2 Å². The molecule has 0 bridgehead atoms. The van der Waals surface area contributed by atoms with Gasteiger partial charge in [0.2, 0.25) is 9.84 Å². The second-order valence-corrected chi connectivity index (χ2v) is 15.9. The molecule has 3 aliphatic heterocycles. The number of nitrogens with zero attached hydrogens (tertiary/aromatic N) is 3. The summed E-state index contributed by atoms with van der Waals surface area (Å²) in [5.41, 5.74) is 11.5. The number of hydrogen-bond donors (Lipinski definition) is 0. The molecule has 0 N–H and O–H groups in total. The summed E-state index contributed by atoms with van der Waals surface area (Å²) in [6.07, 6.45) is 3.17. The van der Waals surface area contributed by atoms with Gasteiger partial charge in [-0.1, -0.05) is 105 Å². The van der Waals surface area contributed by atoms with Crippen LogP contribution in [0.15, 0.2) is 174 Å². The summed E-state index contributed by atoms with van der Waals surface area (Å²) in [4.78, 5) is 9.49. The Bertz CT molecular complexity index is 2570. The predicted octanol–water partition coefficient (Wildman–Crippen LogP) is 10.5. The molecule has 1 aromatic heterocycles. The molecule has 5 nitrogen and oxygen atoms in total. The van der Waals surface area contributed by atoms with Gasteiger partial charge in [-0.3, -0.25) is 4.98 Å². The zero-order chi connectivity index (χ0) is 34.5. The third-order valence-corrected chi connectivity index (χ3v) is 13.0.